The number of nitrogens with zero attached hydrogens (tertiary/aromatic N) is 1. The molecule has 0 bridgehead atoms. The van der Waals surface area contributed by atoms with Gasteiger partial charge in [0.1, 0.15) is 0 Å². The van der Waals surface area contributed by atoms with Gasteiger partial charge in [0.25, 0.3) is 5.91 Å². The number of amides is 1. The van der Waals surface area contributed by atoms with Gasteiger partial charge in [0, 0.05) is 28.2 Å². The first-order chi connectivity index (χ1) is 9.08. The van der Waals surface area contributed by atoms with E-state index in [1.54, 1.807) is 7.05 Å². The van der Waals surface area contributed by atoms with Gasteiger partial charge < -0.3 is 5.32 Å². The molecule has 1 amide bonds. The van der Waals surface area contributed by atoms with Gasteiger partial charge in [-0.15, -0.1) is 0 Å². The Balaban J connectivity index is 2.66. The summed E-state index contributed by atoms with van der Waals surface area (Å²) in [6.45, 7) is 4.30. The van der Waals surface area contributed by atoms with Crippen molar-refractivity contribution in [1.82, 2.24) is 10.3 Å². The molecule has 1 aromatic heterocycles. The predicted molar refractivity (Wildman–Crippen MR) is 81.5 cm³/mol. The highest BCUT2D eigenvalue weighted by atomic mass is 79.9. The van der Waals surface area contributed by atoms with Crippen LogP contribution >= 0.6 is 15.9 Å². The molecule has 0 aliphatic rings. The Morgan fingerprint density at radius 3 is 2.74 bits per heavy atom. The monoisotopic (exact) mass is 320 g/mol. The molecule has 1 N–H and O–H groups in total. The second kappa shape index (κ2) is 5.70. The zero-order valence-corrected chi connectivity index (χ0v) is 12.9. The number of carbonyl (C=O) groups excluding carboxylic acids is 1. The van der Waals surface area contributed by atoms with Crippen molar-refractivity contribution in [3.05, 3.63) is 40.0 Å². The van der Waals surface area contributed by atoms with Gasteiger partial charge in [-0.05, 0) is 46.5 Å². The number of carbonyl (C=O) groups is 1. The molecule has 2 aromatic rings. The summed E-state index contributed by atoms with van der Waals surface area (Å²) in [5.74, 6) is 0.329. The van der Waals surface area contributed by atoms with Crippen LogP contribution < -0.4 is 5.32 Å². The number of hydrogen-bond donors (Lipinski definition) is 1. The predicted octanol–water partition coefficient (Wildman–Crippen LogP) is 3.87. The lowest BCUT2D eigenvalue weighted by molar-refractivity contribution is 0.0964. The number of rotatable bonds is 3. The Morgan fingerprint density at radius 2 is 2.11 bits per heavy atom. The van der Waals surface area contributed by atoms with Gasteiger partial charge in [-0.3, -0.25) is 9.78 Å². The van der Waals surface area contributed by atoms with Crippen molar-refractivity contribution in [2.45, 2.75) is 26.2 Å². The van der Waals surface area contributed by atoms with E-state index in [0.717, 1.165) is 27.5 Å². The second-order valence-electron chi connectivity index (χ2n) is 4.62. The van der Waals surface area contributed by atoms with Crippen molar-refractivity contribution < 1.29 is 4.79 Å². The van der Waals surface area contributed by atoms with Gasteiger partial charge in [-0.25, -0.2) is 0 Å². The topological polar surface area (TPSA) is 42.0 Å². The number of halogens is 1. The third kappa shape index (κ3) is 2.63. The lowest BCUT2D eigenvalue weighted by Gasteiger charge is -2.11. The molecule has 0 saturated carbocycles. The fourth-order valence-corrected chi connectivity index (χ4v) is 2.45. The molecule has 1 unspecified atom stereocenters. The summed E-state index contributed by atoms with van der Waals surface area (Å²) >= 11 is 3.51. The number of aromatic nitrogens is 1. The molecule has 0 saturated heterocycles. The van der Waals surface area contributed by atoms with Crippen molar-refractivity contribution in [3.63, 3.8) is 0 Å². The number of hydrogen-bond acceptors (Lipinski definition) is 2. The van der Waals surface area contributed by atoms with Crippen LogP contribution in [0.25, 0.3) is 10.9 Å². The Labute approximate surface area is 121 Å². The quantitative estimate of drug-likeness (QED) is 0.932. The van der Waals surface area contributed by atoms with Gasteiger partial charge in [0.05, 0.1) is 5.52 Å². The molecule has 0 fully saturated rings. The number of fused-ring (bicyclic) bond motifs is 1. The molecular weight excluding hydrogens is 304 g/mol. The SMILES string of the molecule is CCC(C)c1ccc2c(C(=O)NC)ccc(Br)c2n1. The van der Waals surface area contributed by atoms with E-state index in [0.29, 0.717) is 11.5 Å². The minimum absolute atomic E-state index is 0.0874. The zero-order chi connectivity index (χ0) is 14.0. The van der Waals surface area contributed by atoms with Crippen LogP contribution in [0.5, 0.6) is 0 Å². The molecule has 1 aromatic carbocycles. The maximum absolute atomic E-state index is 11.9. The molecule has 3 nitrogen and oxygen atoms in total. The third-order valence-corrected chi connectivity index (χ3v) is 4.06. The maximum atomic E-state index is 11.9. The van der Waals surface area contributed by atoms with Crippen molar-refractivity contribution in [3.8, 4) is 0 Å². The average molecular weight is 321 g/mol. The van der Waals surface area contributed by atoms with E-state index in [2.05, 4.69) is 35.1 Å². The molecular formula is C15H17BrN2O. The Kier molecular flexibility index (Phi) is 4.20. The van der Waals surface area contributed by atoms with Gasteiger partial charge in [-0.2, -0.15) is 0 Å². The molecule has 0 aliphatic heterocycles. The molecule has 4 heteroatoms. The fourth-order valence-electron chi connectivity index (χ4n) is 2.02. The van der Waals surface area contributed by atoms with Crippen LogP contribution in [0.1, 0.15) is 42.2 Å². The van der Waals surface area contributed by atoms with E-state index in [9.17, 15) is 4.79 Å². The average Bonchev–Trinajstić information content (AvgIpc) is 2.45. The summed E-state index contributed by atoms with van der Waals surface area (Å²) < 4.78 is 0.917. The smallest absolute Gasteiger partial charge is 0.251 e. The molecule has 0 aliphatic carbocycles. The largest absolute Gasteiger partial charge is 0.355 e. The van der Waals surface area contributed by atoms with Crippen LogP contribution in [0.2, 0.25) is 0 Å². The van der Waals surface area contributed by atoms with Crippen molar-refractivity contribution in [2.75, 3.05) is 7.05 Å². The van der Waals surface area contributed by atoms with Crippen LogP contribution in [-0.2, 0) is 0 Å². The highest BCUT2D eigenvalue weighted by Crippen LogP contribution is 2.28. The fraction of sp³-hybridized carbons (Fsp3) is 0.333. The van der Waals surface area contributed by atoms with Crippen LogP contribution in [0, 0.1) is 0 Å². The molecule has 100 valence electrons. The first-order valence-electron chi connectivity index (χ1n) is 6.39. The Morgan fingerprint density at radius 1 is 1.37 bits per heavy atom. The van der Waals surface area contributed by atoms with E-state index < -0.39 is 0 Å². The van der Waals surface area contributed by atoms with E-state index in [4.69, 9.17) is 4.98 Å². The van der Waals surface area contributed by atoms with Crippen LogP contribution in [0.15, 0.2) is 28.7 Å². The third-order valence-electron chi connectivity index (χ3n) is 3.42. The number of nitrogens with one attached hydrogen (secondary N) is 1. The number of benzene rings is 1. The first kappa shape index (κ1) is 14.0. The highest BCUT2D eigenvalue weighted by molar-refractivity contribution is 9.10. The summed E-state index contributed by atoms with van der Waals surface area (Å²) in [7, 11) is 1.64. The Bertz CT molecular complexity index is 625. The van der Waals surface area contributed by atoms with Crippen LogP contribution in [0.3, 0.4) is 0 Å². The summed E-state index contributed by atoms with van der Waals surface area (Å²) in [6.07, 6.45) is 1.05. The van der Waals surface area contributed by atoms with Gasteiger partial charge in [0.2, 0.25) is 0 Å². The molecule has 19 heavy (non-hydrogen) atoms. The summed E-state index contributed by atoms with van der Waals surface area (Å²) in [5, 5.41) is 3.54. The standard InChI is InChI=1S/C15H17BrN2O/c1-4-9(2)13-8-6-10-11(15(19)17-3)5-7-12(16)14(10)18-13/h5-9H,4H2,1-3H3,(H,17,19). The Hall–Kier alpha value is -1.42. The second-order valence-corrected chi connectivity index (χ2v) is 5.47. The van der Waals surface area contributed by atoms with Gasteiger partial charge in [-0.1, -0.05) is 19.9 Å². The zero-order valence-electron chi connectivity index (χ0n) is 11.3. The van der Waals surface area contributed by atoms with Crippen LogP contribution in [0.4, 0.5) is 0 Å². The normalized spacial score (nSPS) is 12.4. The summed E-state index contributed by atoms with van der Waals surface area (Å²) in [5.41, 5.74) is 2.56. The molecule has 2 rings (SSSR count). The minimum Gasteiger partial charge on any atom is -0.355 e. The van der Waals surface area contributed by atoms with Crippen molar-refractivity contribution in [1.29, 1.82) is 0 Å². The maximum Gasteiger partial charge on any atom is 0.251 e. The molecule has 1 heterocycles. The highest BCUT2D eigenvalue weighted by Gasteiger charge is 2.13. The lowest BCUT2D eigenvalue weighted by atomic mass is 10.0. The van der Waals surface area contributed by atoms with E-state index in [1.165, 1.54) is 0 Å². The summed E-state index contributed by atoms with van der Waals surface area (Å²) in [4.78, 5) is 16.6. The number of pyridine rings is 1. The molecule has 0 radical (unpaired) electrons. The van der Waals surface area contributed by atoms with Crippen molar-refractivity contribution >= 4 is 32.7 Å². The van der Waals surface area contributed by atoms with Gasteiger partial charge in [0.15, 0.2) is 0 Å². The summed E-state index contributed by atoms with van der Waals surface area (Å²) in [6, 6.07) is 7.69. The van der Waals surface area contributed by atoms with E-state index in [1.807, 2.05) is 24.3 Å². The first-order valence-corrected chi connectivity index (χ1v) is 7.19. The van der Waals surface area contributed by atoms with Crippen LogP contribution in [-0.4, -0.2) is 17.9 Å². The minimum atomic E-state index is -0.0874. The molecule has 0 spiro atoms. The van der Waals surface area contributed by atoms with E-state index in [-0.39, 0.29) is 5.91 Å². The van der Waals surface area contributed by atoms with Crippen molar-refractivity contribution in [2.24, 2.45) is 0 Å². The molecule has 1 atom stereocenters. The lowest BCUT2D eigenvalue weighted by Crippen LogP contribution is -2.18. The van der Waals surface area contributed by atoms with E-state index >= 15 is 0 Å². The van der Waals surface area contributed by atoms with Gasteiger partial charge >= 0.3 is 0 Å².